The Kier molecular flexibility index (Phi) is 6.21. The number of nitrogens with one attached hydrogen (secondary N) is 1. The van der Waals surface area contributed by atoms with Gasteiger partial charge in [-0.3, -0.25) is 10.1 Å². The molecule has 1 aromatic rings. The van der Waals surface area contributed by atoms with Gasteiger partial charge in [-0.1, -0.05) is 44.0 Å². The number of rotatable bonds is 7. The maximum absolute atomic E-state index is 10.8. The minimum absolute atomic E-state index is 0.0293. The van der Waals surface area contributed by atoms with Gasteiger partial charge in [0.2, 0.25) is 0 Å². The molecule has 0 heterocycles. The first-order valence-electron chi connectivity index (χ1n) is 6.27. The van der Waals surface area contributed by atoms with Crippen molar-refractivity contribution in [2.75, 3.05) is 6.61 Å². The van der Waals surface area contributed by atoms with Crippen LogP contribution in [-0.4, -0.2) is 22.7 Å². The van der Waals surface area contributed by atoms with Gasteiger partial charge in [0.05, 0.1) is 11.5 Å². The molecule has 6 heteroatoms. The van der Waals surface area contributed by atoms with Crippen LogP contribution in [0.1, 0.15) is 25.8 Å². The summed E-state index contributed by atoms with van der Waals surface area (Å²) < 4.78 is 0. The standard InChI is InChI=1S/C13H19ClN2O3/c1-3-9(2)11(8-17)15-7-10-5-4-6-12(13(10)14)16(18)19/h4-6,9,11,15,17H,3,7-8H2,1-2H3/t9-,11+/m0/s1. The highest BCUT2D eigenvalue weighted by molar-refractivity contribution is 6.33. The van der Waals surface area contributed by atoms with E-state index in [0.717, 1.165) is 6.42 Å². The van der Waals surface area contributed by atoms with Gasteiger partial charge in [-0.2, -0.15) is 0 Å². The summed E-state index contributed by atoms with van der Waals surface area (Å²) in [5, 5.41) is 23.4. The van der Waals surface area contributed by atoms with Gasteiger partial charge in [0.15, 0.2) is 0 Å². The van der Waals surface area contributed by atoms with Crippen LogP contribution in [0.3, 0.4) is 0 Å². The quantitative estimate of drug-likeness (QED) is 0.597. The Labute approximate surface area is 117 Å². The smallest absolute Gasteiger partial charge is 0.288 e. The van der Waals surface area contributed by atoms with E-state index in [-0.39, 0.29) is 23.4 Å². The lowest BCUT2D eigenvalue weighted by atomic mass is 9.99. The van der Waals surface area contributed by atoms with Gasteiger partial charge in [0, 0.05) is 18.7 Å². The lowest BCUT2D eigenvalue weighted by Gasteiger charge is -2.22. The zero-order chi connectivity index (χ0) is 14.4. The molecule has 0 aliphatic heterocycles. The van der Waals surface area contributed by atoms with E-state index in [2.05, 4.69) is 12.2 Å². The zero-order valence-electron chi connectivity index (χ0n) is 11.1. The van der Waals surface area contributed by atoms with Gasteiger partial charge < -0.3 is 10.4 Å². The molecule has 1 aromatic carbocycles. The van der Waals surface area contributed by atoms with Crippen LogP contribution in [0.2, 0.25) is 5.02 Å². The largest absolute Gasteiger partial charge is 0.395 e. The Morgan fingerprint density at radius 2 is 2.21 bits per heavy atom. The van der Waals surface area contributed by atoms with Crippen LogP contribution in [0.25, 0.3) is 0 Å². The van der Waals surface area contributed by atoms with E-state index in [1.54, 1.807) is 12.1 Å². The second kappa shape index (κ2) is 7.43. The summed E-state index contributed by atoms with van der Waals surface area (Å²) in [6.45, 7) is 4.52. The minimum Gasteiger partial charge on any atom is -0.395 e. The molecule has 0 unspecified atom stereocenters. The SMILES string of the molecule is CC[C@H](C)[C@@H](CO)NCc1cccc([N+](=O)[O-])c1Cl. The van der Waals surface area contributed by atoms with Crippen molar-refractivity contribution < 1.29 is 10.0 Å². The van der Waals surface area contributed by atoms with Crippen LogP contribution in [0.15, 0.2) is 18.2 Å². The molecule has 19 heavy (non-hydrogen) atoms. The highest BCUT2D eigenvalue weighted by Gasteiger charge is 2.18. The fourth-order valence-corrected chi connectivity index (χ4v) is 2.08. The summed E-state index contributed by atoms with van der Waals surface area (Å²) in [5.41, 5.74) is 0.572. The van der Waals surface area contributed by atoms with E-state index < -0.39 is 4.92 Å². The van der Waals surface area contributed by atoms with Crippen molar-refractivity contribution in [3.05, 3.63) is 38.9 Å². The van der Waals surface area contributed by atoms with Crippen molar-refractivity contribution in [1.82, 2.24) is 5.32 Å². The molecule has 106 valence electrons. The monoisotopic (exact) mass is 286 g/mol. The Morgan fingerprint density at radius 1 is 1.53 bits per heavy atom. The van der Waals surface area contributed by atoms with Crippen LogP contribution < -0.4 is 5.32 Å². The van der Waals surface area contributed by atoms with Gasteiger partial charge in [-0.15, -0.1) is 0 Å². The fourth-order valence-electron chi connectivity index (χ4n) is 1.82. The first-order chi connectivity index (χ1) is 9.01. The number of nitrogens with zero attached hydrogens (tertiary/aromatic N) is 1. The molecular formula is C13H19ClN2O3. The molecule has 0 spiro atoms. The number of halogens is 1. The second-order valence-corrected chi connectivity index (χ2v) is 4.94. The minimum atomic E-state index is -0.496. The van der Waals surface area contributed by atoms with E-state index in [1.807, 2.05) is 6.92 Å². The lowest BCUT2D eigenvalue weighted by Crippen LogP contribution is -2.37. The molecule has 0 bridgehead atoms. The van der Waals surface area contributed by atoms with Gasteiger partial charge in [-0.05, 0) is 11.5 Å². The maximum atomic E-state index is 10.8. The summed E-state index contributed by atoms with van der Waals surface area (Å²) in [6, 6.07) is 4.69. The van der Waals surface area contributed by atoms with E-state index in [9.17, 15) is 15.2 Å². The third kappa shape index (κ3) is 4.16. The van der Waals surface area contributed by atoms with Crippen molar-refractivity contribution in [1.29, 1.82) is 0 Å². The topological polar surface area (TPSA) is 75.4 Å². The summed E-state index contributed by atoms with van der Waals surface area (Å²) in [4.78, 5) is 10.3. The average Bonchev–Trinajstić information content (AvgIpc) is 2.40. The Hall–Kier alpha value is -1.17. The van der Waals surface area contributed by atoms with Crippen molar-refractivity contribution in [2.45, 2.75) is 32.9 Å². The Balaban J connectivity index is 2.77. The van der Waals surface area contributed by atoms with Crippen LogP contribution in [-0.2, 0) is 6.54 Å². The van der Waals surface area contributed by atoms with Crippen LogP contribution in [0, 0.1) is 16.0 Å². The van der Waals surface area contributed by atoms with E-state index in [1.165, 1.54) is 6.07 Å². The molecule has 0 saturated heterocycles. The van der Waals surface area contributed by atoms with Crippen LogP contribution >= 0.6 is 11.6 Å². The van der Waals surface area contributed by atoms with Crippen molar-refractivity contribution in [3.63, 3.8) is 0 Å². The van der Waals surface area contributed by atoms with Crippen molar-refractivity contribution in [2.24, 2.45) is 5.92 Å². The Bertz CT molecular complexity index is 440. The van der Waals surface area contributed by atoms with E-state index >= 15 is 0 Å². The molecule has 0 amide bonds. The van der Waals surface area contributed by atoms with Crippen molar-refractivity contribution >= 4 is 17.3 Å². The molecule has 0 fully saturated rings. The van der Waals surface area contributed by atoms with E-state index in [0.29, 0.717) is 18.0 Å². The number of aliphatic hydroxyl groups is 1. The molecule has 0 aromatic heterocycles. The lowest BCUT2D eigenvalue weighted by molar-refractivity contribution is -0.384. The van der Waals surface area contributed by atoms with Gasteiger partial charge in [0.25, 0.3) is 5.69 Å². The summed E-state index contributed by atoms with van der Waals surface area (Å²) in [5.74, 6) is 0.322. The normalized spacial score (nSPS) is 14.1. The van der Waals surface area contributed by atoms with Crippen molar-refractivity contribution in [3.8, 4) is 0 Å². The first-order valence-corrected chi connectivity index (χ1v) is 6.65. The highest BCUT2D eigenvalue weighted by atomic mass is 35.5. The van der Waals surface area contributed by atoms with Gasteiger partial charge in [0.1, 0.15) is 5.02 Å². The molecule has 0 radical (unpaired) electrons. The molecular weight excluding hydrogens is 268 g/mol. The molecule has 1 rings (SSSR count). The first kappa shape index (κ1) is 15.9. The summed E-state index contributed by atoms with van der Waals surface area (Å²) in [7, 11) is 0. The molecule has 0 aliphatic carbocycles. The average molecular weight is 287 g/mol. The third-order valence-corrected chi connectivity index (χ3v) is 3.77. The van der Waals surface area contributed by atoms with Gasteiger partial charge >= 0.3 is 0 Å². The highest BCUT2D eigenvalue weighted by Crippen LogP contribution is 2.27. The van der Waals surface area contributed by atoms with Gasteiger partial charge in [-0.25, -0.2) is 0 Å². The number of hydrogen-bond acceptors (Lipinski definition) is 4. The van der Waals surface area contributed by atoms with Crippen LogP contribution in [0.5, 0.6) is 0 Å². The van der Waals surface area contributed by atoms with Crippen LogP contribution in [0.4, 0.5) is 5.69 Å². The maximum Gasteiger partial charge on any atom is 0.288 e. The van der Waals surface area contributed by atoms with E-state index in [4.69, 9.17) is 11.6 Å². The molecule has 2 atom stereocenters. The number of nitro groups is 1. The second-order valence-electron chi connectivity index (χ2n) is 4.56. The predicted octanol–water partition coefficient (Wildman–Crippen LogP) is 2.74. The summed E-state index contributed by atoms with van der Waals surface area (Å²) in [6.07, 6.45) is 0.945. The molecule has 0 aliphatic rings. The Morgan fingerprint density at radius 3 is 2.74 bits per heavy atom. The number of aliphatic hydroxyl groups excluding tert-OH is 1. The molecule has 5 nitrogen and oxygen atoms in total. The zero-order valence-corrected chi connectivity index (χ0v) is 11.9. The molecule has 0 saturated carbocycles. The molecule has 2 N–H and O–H groups in total. The number of hydrogen-bond donors (Lipinski definition) is 2. The predicted molar refractivity (Wildman–Crippen MR) is 75.3 cm³/mol. The number of benzene rings is 1. The summed E-state index contributed by atoms with van der Waals surface area (Å²) >= 11 is 6.00. The third-order valence-electron chi connectivity index (χ3n) is 3.34. The number of nitro benzene ring substituents is 1. The fraction of sp³-hybridized carbons (Fsp3) is 0.538.